The van der Waals surface area contributed by atoms with E-state index in [9.17, 15) is 4.79 Å². The van der Waals surface area contributed by atoms with Crippen molar-refractivity contribution in [3.8, 4) is 11.5 Å². The number of carbonyl (C=O) groups excluding carboxylic acids is 1. The topological polar surface area (TPSA) is 103 Å². The van der Waals surface area contributed by atoms with Gasteiger partial charge in [0.05, 0.1) is 6.20 Å². The lowest BCUT2D eigenvalue weighted by Crippen LogP contribution is -2.25. The smallest absolute Gasteiger partial charge is 0.316 e. The van der Waals surface area contributed by atoms with Gasteiger partial charge in [-0.1, -0.05) is 5.16 Å². The zero-order chi connectivity index (χ0) is 13.5. The van der Waals surface area contributed by atoms with Gasteiger partial charge in [-0.05, 0) is 6.42 Å². The van der Waals surface area contributed by atoms with E-state index in [-0.39, 0.29) is 11.7 Å². The number of aromatic nitrogens is 4. The van der Waals surface area contributed by atoms with Crippen LogP contribution in [0.3, 0.4) is 0 Å². The number of nitrogens with zero attached hydrogens (tertiary/aromatic N) is 4. The SMILES string of the molecule is COCCCNC(=O)c1nc(-c2cnccn2)no1. The average Bonchev–Trinajstić information content (AvgIpc) is 2.94. The summed E-state index contributed by atoms with van der Waals surface area (Å²) in [6, 6.07) is 0. The van der Waals surface area contributed by atoms with E-state index in [2.05, 4.69) is 25.4 Å². The molecule has 2 aromatic rings. The normalized spacial score (nSPS) is 10.4. The fourth-order valence-corrected chi connectivity index (χ4v) is 1.33. The van der Waals surface area contributed by atoms with E-state index < -0.39 is 5.91 Å². The molecule has 100 valence electrons. The zero-order valence-corrected chi connectivity index (χ0v) is 10.4. The first-order valence-corrected chi connectivity index (χ1v) is 5.68. The predicted octanol–water partition coefficient (Wildman–Crippen LogP) is 0.293. The van der Waals surface area contributed by atoms with Crippen LogP contribution in [0, 0.1) is 0 Å². The number of amides is 1. The number of hydrogen-bond donors (Lipinski definition) is 1. The Bertz CT molecular complexity index is 528. The molecule has 2 heterocycles. The van der Waals surface area contributed by atoms with Gasteiger partial charge >= 0.3 is 11.8 Å². The summed E-state index contributed by atoms with van der Waals surface area (Å²) < 4.78 is 9.74. The summed E-state index contributed by atoms with van der Waals surface area (Å²) >= 11 is 0. The van der Waals surface area contributed by atoms with Gasteiger partial charge < -0.3 is 14.6 Å². The van der Waals surface area contributed by atoms with Crippen LogP contribution < -0.4 is 5.32 Å². The van der Waals surface area contributed by atoms with Gasteiger partial charge in [-0.3, -0.25) is 9.78 Å². The van der Waals surface area contributed by atoms with E-state index in [1.165, 1.54) is 18.6 Å². The molecule has 0 saturated heterocycles. The molecule has 0 bridgehead atoms. The van der Waals surface area contributed by atoms with Crippen LogP contribution in [0.4, 0.5) is 0 Å². The highest BCUT2D eigenvalue weighted by Gasteiger charge is 2.16. The van der Waals surface area contributed by atoms with Gasteiger partial charge in [0.25, 0.3) is 0 Å². The Kier molecular flexibility index (Phi) is 4.51. The van der Waals surface area contributed by atoms with Crippen LogP contribution in [-0.2, 0) is 4.74 Å². The Morgan fingerprint density at radius 2 is 2.37 bits per heavy atom. The molecule has 0 saturated carbocycles. The van der Waals surface area contributed by atoms with Crippen LogP contribution in [0.15, 0.2) is 23.1 Å². The number of carbonyl (C=O) groups is 1. The summed E-state index contributed by atoms with van der Waals surface area (Å²) in [6.45, 7) is 1.06. The standard InChI is InChI=1S/C11H13N5O3/c1-18-6-2-3-14-10(17)11-15-9(16-19-11)8-7-12-4-5-13-8/h4-5,7H,2-3,6H2,1H3,(H,14,17). The molecule has 0 aliphatic carbocycles. The summed E-state index contributed by atoms with van der Waals surface area (Å²) in [6.07, 6.45) is 5.25. The third-order valence-corrected chi connectivity index (χ3v) is 2.22. The van der Waals surface area contributed by atoms with Crippen LogP contribution in [0.1, 0.15) is 17.1 Å². The maximum absolute atomic E-state index is 11.7. The Balaban J connectivity index is 1.95. The highest BCUT2D eigenvalue weighted by molar-refractivity contribution is 5.89. The van der Waals surface area contributed by atoms with Crippen molar-refractivity contribution in [1.29, 1.82) is 0 Å². The van der Waals surface area contributed by atoms with Crippen LogP contribution >= 0.6 is 0 Å². The molecule has 2 aromatic heterocycles. The number of ether oxygens (including phenoxy) is 1. The van der Waals surface area contributed by atoms with Crippen LogP contribution in [-0.4, -0.2) is 46.3 Å². The highest BCUT2D eigenvalue weighted by Crippen LogP contribution is 2.10. The Morgan fingerprint density at radius 1 is 1.47 bits per heavy atom. The molecule has 0 aliphatic rings. The molecule has 0 spiro atoms. The molecule has 1 amide bonds. The molecule has 1 N–H and O–H groups in total. The first-order valence-electron chi connectivity index (χ1n) is 5.68. The van der Waals surface area contributed by atoms with Gasteiger partial charge in [-0.2, -0.15) is 4.98 Å². The molecule has 0 fully saturated rings. The van der Waals surface area contributed by atoms with E-state index in [0.29, 0.717) is 25.3 Å². The zero-order valence-electron chi connectivity index (χ0n) is 10.4. The maximum Gasteiger partial charge on any atom is 0.316 e. The van der Waals surface area contributed by atoms with Gasteiger partial charge in [0.2, 0.25) is 5.82 Å². The van der Waals surface area contributed by atoms with E-state index in [1.807, 2.05) is 0 Å². The summed E-state index contributed by atoms with van der Waals surface area (Å²) in [5, 5.41) is 6.33. The molecule has 0 radical (unpaired) electrons. The van der Waals surface area contributed by atoms with Gasteiger partial charge in [-0.15, -0.1) is 0 Å². The molecule has 8 nitrogen and oxygen atoms in total. The maximum atomic E-state index is 11.7. The summed E-state index contributed by atoms with van der Waals surface area (Å²) in [7, 11) is 1.60. The minimum Gasteiger partial charge on any atom is -0.385 e. The van der Waals surface area contributed by atoms with Crippen molar-refractivity contribution in [2.24, 2.45) is 0 Å². The first-order chi connectivity index (χ1) is 9.31. The first kappa shape index (κ1) is 13.1. The number of rotatable bonds is 6. The molecule has 2 rings (SSSR count). The van der Waals surface area contributed by atoms with E-state index >= 15 is 0 Å². The molecule has 8 heteroatoms. The van der Waals surface area contributed by atoms with Crippen molar-refractivity contribution >= 4 is 5.91 Å². The Hall–Kier alpha value is -2.35. The molecule has 19 heavy (non-hydrogen) atoms. The van der Waals surface area contributed by atoms with Crippen molar-refractivity contribution in [3.63, 3.8) is 0 Å². The quantitative estimate of drug-likeness (QED) is 0.747. The molecule has 0 unspecified atom stereocenters. The van der Waals surface area contributed by atoms with Gasteiger partial charge in [0.15, 0.2) is 0 Å². The lowest BCUT2D eigenvalue weighted by molar-refractivity contribution is 0.0905. The summed E-state index contributed by atoms with van der Waals surface area (Å²) in [4.78, 5) is 23.5. The van der Waals surface area contributed by atoms with E-state index in [1.54, 1.807) is 7.11 Å². The highest BCUT2D eigenvalue weighted by atomic mass is 16.5. The Labute approximate surface area is 109 Å². The number of methoxy groups -OCH3 is 1. The molecule has 0 aliphatic heterocycles. The molecular formula is C11H13N5O3. The van der Waals surface area contributed by atoms with Crippen molar-refractivity contribution in [1.82, 2.24) is 25.4 Å². The monoisotopic (exact) mass is 263 g/mol. The minimum atomic E-state index is -0.418. The molecule has 0 atom stereocenters. The second kappa shape index (κ2) is 6.55. The summed E-state index contributed by atoms with van der Waals surface area (Å²) in [5.74, 6) is -0.285. The second-order valence-corrected chi connectivity index (χ2v) is 3.62. The van der Waals surface area contributed by atoms with Crippen LogP contribution in [0.5, 0.6) is 0 Å². The summed E-state index contributed by atoms with van der Waals surface area (Å²) in [5.41, 5.74) is 0.449. The van der Waals surface area contributed by atoms with Gasteiger partial charge in [0, 0.05) is 32.7 Å². The minimum absolute atomic E-state index is 0.0990. The van der Waals surface area contributed by atoms with Crippen molar-refractivity contribution in [3.05, 3.63) is 24.5 Å². The third kappa shape index (κ3) is 3.55. The largest absolute Gasteiger partial charge is 0.385 e. The van der Waals surface area contributed by atoms with Crippen LogP contribution in [0.2, 0.25) is 0 Å². The van der Waals surface area contributed by atoms with Gasteiger partial charge in [0.1, 0.15) is 5.69 Å². The second-order valence-electron chi connectivity index (χ2n) is 3.62. The van der Waals surface area contributed by atoms with Crippen molar-refractivity contribution < 1.29 is 14.1 Å². The average molecular weight is 263 g/mol. The van der Waals surface area contributed by atoms with Crippen molar-refractivity contribution in [2.45, 2.75) is 6.42 Å². The molecule has 0 aromatic carbocycles. The van der Waals surface area contributed by atoms with E-state index in [4.69, 9.17) is 9.26 Å². The van der Waals surface area contributed by atoms with E-state index in [0.717, 1.165) is 0 Å². The number of hydrogen-bond acceptors (Lipinski definition) is 7. The molecular weight excluding hydrogens is 250 g/mol. The third-order valence-electron chi connectivity index (χ3n) is 2.22. The lowest BCUT2D eigenvalue weighted by Gasteiger charge is -2.00. The fraction of sp³-hybridized carbons (Fsp3) is 0.364. The fourth-order valence-electron chi connectivity index (χ4n) is 1.33. The van der Waals surface area contributed by atoms with Gasteiger partial charge in [-0.25, -0.2) is 4.98 Å². The number of nitrogens with one attached hydrogen (secondary N) is 1. The lowest BCUT2D eigenvalue weighted by atomic mass is 10.4. The Morgan fingerprint density at radius 3 is 3.11 bits per heavy atom. The van der Waals surface area contributed by atoms with Crippen molar-refractivity contribution in [2.75, 3.05) is 20.3 Å². The predicted molar refractivity (Wildman–Crippen MR) is 64.2 cm³/mol. The van der Waals surface area contributed by atoms with Crippen LogP contribution in [0.25, 0.3) is 11.5 Å².